The summed E-state index contributed by atoms with van der Waals surface area (Å²) >= 11 is 0. The molecule has 0 fully saturated rings. The van der Waals surface area contributed by atoms with Gasteiger partial charge in [-0.2, -0.15) is 0 Å². The molecule has 0 bridgehead atoms. The van der Waals surface area contributed by atoms with Crippen LogP contribution in [0.1, 0.15) is 18.5 Å². The average Bonchev–Trinajstić information content (AvgIpc) is 2.25. The molecule has 17 heavy (non-hydrogen) atoms. The third kappa shape index (κ3) is 3.94. The Balaban J connectivity index is 2.92. The molecule has 0 saturated heterocycles. The van der Waals surface area contributed by atoms with Crippen molar-refractivity contribution in [2.45, 2.75) is 13.0 Å². The van der Waals surface area contributed by atoms with Crippen LogP contribution in [0.4, 0.5) is 0 Å². The fourth-order valence-corrected chi connectivity index (χ4v) is 1.28. The Labute approximate surface area is 98.3 Å². The van der Waals surface area contributed by atoms with Gasteiger partial charge in [-0.15, -0.1) is 0 Å². The summed E-state index contributed by atoms with van der Waals surface area (Å²) in [5, 5.41) is 9.56. The molecule has 0 radical (unpaired) electrons. The second kappa shape index (κ2) is 5.64. The maximum absolute atomic E-state index is 11.6. The van der Waals surface area contributed by atoms with E-state index >= 15 is 0 Å². The molecular formula is C11H13N3O3. The first-order valence-electron chi connectivity index (χ1n) is 4.88. The quantitative estimate of drug-likeness (QED) is 0.302. The first kappa shape index (κ1) is 12.7. The van der Waals surface area contributed by atoms with Crippen molar-refractivity contribution in [2.75, 3.05) is 0 Å². The van der Waals surface area contributed by atoms with Crippen molar-refractivity contribution < 1.29 is 14.3 Å². The summed E-state index contributed by atoms with van der Waals surface area (Å²) in [6.07, 6.45) is 0. The summed E-state index contributed by atoms with van der Waals surface area (Å²) in [5.74, 6) is -1.88. The van der Waals surface area contributed by atoms with Gasteiger partial charge in [0.15, 0.2) is 12.0 Å². The molecule has 0 saturated carbocycles. The van der Waals surface area contributed by atoms with E-state index < -0.39 is 18.0 Å². The molecule has 0 spiro atoms. The molecule has 6 nitrogen and oxygen atoms in total. The highest BCUT2D eigenvalue weighted by Crippen LogP contribution is 2.14. The molecule has 0 aliphatic rings. The first-order valence-corrected chi connectivity index (χ1v) is 4.88. The van der Waals surface area contributed by atoms with Crippen LogP contribution in [0.5, 0.6) is 0 Å². The van der Waals surface area contributed by atoms with Gasteiger partial charge < -0.3 is 15.8 Å². The van der Waals surface area contributed by atoms with Gasteiger partial charge in [0, 0.05) is 6.92 Å². The molecule has 0 aliphatic carbocycles. The Morgan fingerprint density at radius 2 is 1.94 bits per heavy atom. The molecule has 4 N–H and O–H groups in total. The van der Waals surface area contributed by atoms with E-state index in [4.69, 9.17) is 11.1 Å². The monoisotopic (exact) mass is 235 g/mol. The molecule has 0 heterocycles. The highest BCUT2D eigenvalue weighted by atomic mass is 16.6. The maximum Gasteiger partial charge on any atom is 0.340 e. The summed E-state index contributed by atoms with van der Waals surface area (Å²) in [6.45, 7) is 1.13. The van der Waals surface area contributed by atoms with Crippen molar-refractivity contribution in [3.63, 3.8) is 0 Å². The van der Waals surface area contributed by atoms with E-state index in [1.807, 2.05) is 0 Å². The van der Waals surface area contributed by atoms with Gasteiger partial charge in [-0.1, -0.05) is 30.3 Å². The zero-order chi connectivity index (χ0) is 12.8. The lowest BCUT2D eigenvalue weighted by Crippen LogP contribution is -2.39. The van der Waals surface area contributed by atoms with Gasteiger partial charge in [0.2, 0.25) is 0 Å². The number of hydrogen-bond donors (Lipinski definition) is 3. The number of carbonyl (C=O) groups is 2. The highest BCUT2D eigenvalue weighted by molar-refractivity contribution is 5.91. The van der Waals surface area contributed by atoms with Crippen molar-refractivity contribution in [2.24, 2.45) is 5.73 Å². The number of esters is 2. The standard InChI is InChI=1S/C11H13N3O3/c1-7(15)17-10(16)9(14-11(12)13)8-5-3-2-4-6-8/h2-6,9H,1H3,(H4,12,13,14). The fraction of sp³-hybridized carbons (Fsp3) is 0.182. The Morgan fingerprint density at radius 1 is 1.35 bits per heavy atom. The van der Waals surface area contributed by atoms with Crippen molar-refractivity contribution in [3.8, 4) is 0 Å². The molecule has 0 aliphatic heterocycles. The van der Waals surface area contributed by atoms with Crippen LogP contribution in [0.25, 0.3) is 0 Å². The second-order valence-electron chi connectivity index (χ2n) is 3.31. The van der Waals surface area contributed by atoms with Crippen molar-refractivity contribution in [1.82, 2.24) is 5.32 Å². The van der Waals surface area contributed by atoms with E-state index in [0.717, 1.165) is 6.92 Å². The minimum absolute atomic E-state index is 0.376. The van der Waals surface area contributed by atoms with Crippen LogP contribution in [0, 0.1) is 5.41 Å². The number of benzene rings is 1. The van der Waals surface area contributed by atoms with E-state index in [-0.39, 0.29) is 5.96 Å². The molecule has 1 rings (SSSR count). The molecule has 1 aromatic rings. The van der Waals surface area contributed by atoms with E-state index in [2.05, 4.69) is 10.1 Å². The van der Waals surface area contributed by atoms with Crippen LogP contribution in [0.3, 0.4) is 0 Å². The van der Waals surface area contributed by atoms with Crippen LogP contribution in [-0.4, -0.2) is 17.9 Å². The number of rotatable bonds is 3. The highest BCUT2D eigenvalue weighted by Gasteiger charge is 2.23. The van der Waals surface area contributed by atoms with Crippen molar-refractivity contribution in [3.05, 3.63) is 35.9 Å². The van der Waals surface area contributed by atoms with Gasteiger partial charge in [-0.3, -0.25) is 10.2 Å². The predicted octanol–water partition coefficient (Wildman–Crippen LogP) is 0.300. The first-order chi connectivity index (χ1) is 8.00. The summed E-state index contributed by atoms with van der Waals surface area (Å²) in [6, 6.07) is 7.61. The summed E-state index contributed by atoms with van der Waals surface area (Å²) < 4.78 is 4.48. The van der Waals surface area contributed by atoms with Gasteiger partial charge in [-0.25, -0.2) is 4.79 Å². The van der Waals surface area contributed by atoms with Crippen LogP contribution in [0.2, 0.25) is 0 Å². The Kier molecular flexibility index (Phi) is 4.21. The number of carbonyl (C=O) groups excluding carboxylic acids is 2. The molecule has 0 aromatic heterocycles. The molecule has 6 heteroatoms. The van der Waals surface area contributed by atoms with E-state index in [0.29, 0.717) is 5.56 Å². The van der Waals surface area contributed by atoms with Crippen LogP contribution in [0.15, 0.2) is 30.3 Å². The Morgan fingerprint density at radius 3 is 2.41 bits per heavy atom. The fourth-order valence-electron chi connectivity index (χ4n) is 1.28. The number of nitrogens with two attached hydrogens (primary N) is 1. The predicted molar refractivity (Wildman–Crippen MR) is 61.0 cm³/mol. The van der Waals surface area contributed by atoms with Crippen LogP contribution in [-0.2, 0) is 14.3 Å². The van der Waals surface area contributed by atoms with E-state index in [1.54, 1.807) is 30.3 Å². The number of guanidine groups is 1. The molecule has 0 amide bonds. The van der Waals surface area contributed by atoms with Crippen molar-refractivity contribution in [1.29, 1.82) is 5.41 Å². The number of hydrogen-bond acceptors (Lipinski definition) is 4. The third-order valence-corrected chi connectivity index (χ3v) is 1.91. The summed E-state index contributed by atoms with van der Waals surface area (Å²) in [7, 11) is 0. The van der Waals surface area contributed by atoms with Gasteiger partial charge in [0.05, 0.1) is 0 Å². The zero-order valence-electron chi connectivity index (χ0n) is 9.27. The summed E-state index contributed by atoms with van der Waals surface area (Å²) in [4.78, 5) is 22.4. The molecular weight excluding hydrogens is 222 g/mol. The minimum Gasteiger partial charge on any atom is -0.392 e. The topological polar surface area (TPSA) is 105 Å². The lowest BCUT2D eigenvalue weighted by Gasteiger charge is -2.16. The van der Waals surface area contributed by atoms with Crippen molar-refractivity contribution >= 4 is 17.9 Å². The lowest BCUT2D eigenvalue weighted by atomic mass is 10.1. The van der Waals surface area contributed by atoms with Gasteiger partial charge in [-0.05, 0) is 5.56 Å². The van der Waals surface area contributed by atoms with Gasteiger partial charge >= 0.3 is 11.9 Å². The van der Waals surface area contributed by atoms with Gasteiger partial charge in [0.25, 0.3) is 0 Å². The zero-order valence-corrected chi connectivity index (χ0v) is 9.27. The Hall–Kier alpha value is -2.37. The number of nitrogens with one attached hydrogen (secondary N) is 2. The van der Waals surface area contributed by atoms with E-state index in [9.17, 15) is 9.59 Å². The maximum atomic E-state index is 11.6. The molecule has 1 atom stereocenters. The molecule has 1 aromatic carbocycles. The third-order valence-electron chi connectivity index (χ3n) is 1.91. The number of ether oxygens (including phenoxy) is 1. The SMILES string of the molecule is CC(=O)OC(=O)C(NC(=N)N)c1ccccc1. The minimum atomic E-state index is -0.961. The average molecular weight is 235 g/mol. The molecule has 1 unspecified atom stereocenters. The van der Waals surface area contributed by atoms with Crippen LogP contribution < -0.4 is 11.1 Å². The smallest absolute Gasteiger partial charge is 0.340 e. The normalized spacial score (nSPS) is 11.4. The van der Waals surface area contributed by atoms with Gasteiger partial charge in [0.1, 0.15) is 0 Å². The molecule has 90 valence electrons. The summed E-state index contributed by atoms with van der Waals surface area (Å²) in [5.41, 5.74) is 5.74. The Bertz CT molecular complexity index is 431. The lowest BCUT2D eigenvalue weighted by molar-refractivity contribution is -0.159. The van der Waals surface area contributed by atoms with Crippen LogP contribution >= 0.6 is 0 Å². The second-order valence-corrected chi connectivity index (χ2v) is 3.31. The largest absolute Gasteiger partial charge is 0.392 e. The van der Waals surface area contributed by atoms with E-state index in [1.165, 1.54) is 0 Å².